The first-order chi connectivity index (χ1) is 8.18. The van der Waals surface area contributed by atoms with Crippen LogP contribution in [-0.4, -0.2) is 34.9 Å². The van der Waals surface area contributed by atoms with Crippen LogP contribution in [0.3, 0.4) is 0 Å². The van der Waals surface area contributed by atoms with Gasteiger partial charge >= 0.3 is 0 Å². The number of likely N-dealkylation sites (tertiary alicyclic amines) is 1. The average molecular weight is 234 g/mol. The van der Waals surface area contributed by atoms with Crippen LogP contribution in [0.2, 0.25) is 0 Å². The fourth-order valence-corrected chi connectivity index (χ4v) is 2.04. The van der Waals surface area contributed by atoms with Crippen molar-refractivity contribution in [2.24, 2.45) is 0 Å². The molecule has 5 nitrogen and oxygen atoms in total. The van der Waals surface area contributed by atoms with Crippen molar-refractivity contribution in [2.45, 2.75) is 25.8 Å². The first kappa shape index (κ1) is 11.7. The summed E-state index contributed by atoms with van der Waals surface area (Å²) in [4.78, 5) is 17.9. The lowest BCUT2D eigenvalue weighted by molar-refractivity contribution is -0.130. The summed E-state index contributed by atoms with van der Waals surface area (Å²) in [6.07, 6.45) is 5.45. The Kier molecular flexibility index (Phi) is 3.46. The van der Waals surface area contributed by atoms with E-state index in [0.717, 1.165) is 31.6 Å². The van der Waals surface area contributed by atoms with Gasteiger partial charge in [0.05, 0.1) is 17.6 Å². The van der Waals surface area contributed by atoms with Crippen LogP contribution in [0.15, 0.2) is 18.5 Å². The molecule has 1 unspecified atom stereocenters. The zero-order chi connectivity index (χ0) is 12.3. The molecular weight excluding hydrogens is 216 g/mol. The minimum atomic E-state index is -0.252. The molecule has 1 fully saturated rings. The van der Waals surface area contributed by atoms with Gasteiger partial charge in [-0.25, -0.2) is 0 Å². The van der Waals surface area contributed by atoms with E-state index in [4.69, 9.17) is 5.73 Å². The third-order valence-electron chi connectivity index (χ3n) is 3.01. The van der Waals surface area contributed by atoms with Crippen molar-refractivity contribution in [3.63, 3.8) is 0 Å². The molecule has 1 atom stereocenters. The summed E-state index contributed by atoms with van der Waals surface area (Å²) in [5.41, 5.74) is 7.10. The van der Waals surface area contributed by atoms with E-state index in [2.05, 4.69) is 10.3 Å². The normalized spacial score (nSPS) is 16.9. The number of carbonyl (C=O) groups excluding carboxylic acids is 1. The first-order valence-electron chi connectivity index (χ1n) is 5.93. The minimum Gasteiger partial charge on any atom is -0.396 e. The maximum Gasteiger partial charge on any atom is 0.244 e. The number of hydrogen-bond donors (Lipinski definition) is 2. The minimum absolute atomic E-state index is 0.138. The fourth-order valence-electron chi connectivity index (χ4n) is 2.04. The van der Waals surface area contributed by atoms with Crippen molar-refractivity contribution >= 4 is 17.3 Å². The maximum atomic E-state index is 12.1. The van der Waals surface area contributed by atoms with Crippen molar-refractivity contribution < 1.29 is 4.79 Å². The molecule has 0 spiro atoms. The summed E-state index contributed by atoms with van der Waals surface area (Å²) < 4.78 is 0. The van der Waals surface area contributed by atoms with Crippen LogP contribution < -0.4 is 11.1 Å². The van der Waals surface area contributed by atoms with Gasteiger partial charge in [-0.05, 0) is 25.8 Å². The Morgan fingerprint density at radius 3 is 2.88 bits per heavy atom. The molecule has 0 saturated carbocycles. The number of pyridine rings is 1. The number of carbonyl (C=O) groups is 1. The Morgan fingerprint density at radius 2 is 2.24 bits per heavy atom. The highest BCUT2D eigenvalue weighted by molar-refractivity contribution is 5.85. The summed E-state index contributed by atoms with van der Waals surface area (Å²) in [6, 6.07) is 1.53. The Labute approximate surface area is 101 Å². The Morgan fingerprint density at radius 1 is 1.53 bits per heavy atom. The Balaban J connectivity index is 1.99. The fraction of sp³-hybridized carbons (Fsp3) is 0.500. The number of amides is 1. The second kappa shape index (κ2) is 5.03. The second-order valence-electron chi connectivity index (χ2n) is 4.36. The number of anilines is 2. The van der Waals surface area contributed by atoms with Gasteiger partial charge in [-0.15, -0.1) is 0 Å². The van der Waals surface area contributed by atoms with Crippen LogP contribution in [0.25, 0.3) is 0 Å². The monoisotopic (exact) mass is 234 g/mol. The molecule has 1 aromatic heterocycles. The highest BCUT2D eigenvalue weighted by Crippen LogP contribution is 2.17. The molecule has 1 aromatic rings. The van der Waals surface area contributed by atoms with E-state index in [1.54, 1.807) is 18.5 Å². The zero-order valence-electron chi connectivity index (χ0n) is 10.0. The number of nitrogens with one attached hydrogen (secondary N) is 1. The third-order valence-corrected chi connectivity index (χ3v) is 3.01. The van der Waals surface area contributed by atoms with Crippen molar-refractivity contribution in [1.82, 2.24) is 9.88 Å². The molecule has 0 bridgehead atoms. The summed E-state index contributed by atoms with van der Waals surface area (Å²) in [6.45, 7) is 3.61. The van der Waals surface area contributed by atoms with Crippen LogP contribution >= 0.6 is 0 Å². The first-order valence-corrected chi connectivity index (χ1v) is 5.93. The van der Waals surface area contributed by atoms with Gasteiger partial charge in [0.1, 0.15) is 6.04 Å². The quantitative estimate of drug-likeness (QED) is 0.821. The van der Waals surface area contributed by atoms with Gasteiger partial charge in [-0.2, -0.15) is 0 Å². The van der Waals surface area contributed by atoms with Crippen LogP contribution in [0.4, 0.5) is 11.4 Å². The summed E-state index contributed by atoms with van der Waals surface area (Å²) in [7, 11) is 0. The smallest absolute Gasteiger partial charge is 0.244 e. The summed E-state index contributed by atoms with van der Waals surface area (Å²) in [5, 5.41) is 3.13. The molecule has 0 aromatic carbocycles. The lowest BCUT2D eigenvalue weighted by Gasteiger charge is -2.22. The lowest BCUT2D eigenvalue weighted by atomic mass is 10.2. The molecule has 1 aliphatic heterocycles. The summed E-state index contributed by atoms with van der Waals surface area (Å²) >= 11 is 0. The molecule has 1 saturated heterocycles. The Bertz CT molecular complexity index is 401. The van der Waals surface area contributed by atoms with Gasteiger partial charge in [0, 0.05) is 19.3 Å². The van der Waals surface area contributed by atoms with E-state index in [-0.39, 0.29) is 11.9 Å². The number of hydrogen-bond acceptors (Lipinski definition) is 4. The molecule has 1 amide bonds. The van der Waals surface area contributed by atoms with E-state index >= 15 is 0 Å². The SMILES string of the molecule is CC(Nc1ccncc1N)C(=O)N1CCCC1. The second-order valence-corrected chi connectivity index (χ2v) is 4.36. The highest BCUT2D eigenvalue weighted by atomic mass is 16.2. The summed E-state index contributed by atoms with van der Waals surface area (Å²) in [5.74, 6) is 0.138. The van der Waals surface area contributed by atoms with Crippen LogP contribution in [-0.2, 0) is 4.79 Å². The van der Waals surface area contributed by atoms with Crippen LogP contribution in [0.1, 0.15) is 19.8 Å². The van der Waals surface area contributed by atoms with E-state index in [1.165, 1.54) is 0 Å². The number of aromatic nitrogens is 1. The van der Waals surface area contributed by atoms with E-state index in [0.29, 0.717) is 5.69 Å². The molecule has 5 heteroatoms. The molecule has 0 aliphatic carbocycles. The average Bonchev–Trinajstić information content (AvgIpc) is 2.84. The van der Waals surface area contributed by atoms with Crippen LogP contribution in [0.5, 0.6) is 0 Å². The van der Waals surface area contributed by atoms with Gasteiger partial charge in [0.2, 0.25) is 5.91 Å². The van der Waals surface area contributed by atoms with Crippen molar-refractivity contribution in [1.29, 1.82) is 0 Å². The predicted molar refractivity (Wildman–Crippen MR) is 67.5 cm³/mol. The molecule has 0 radical (unpaired) electrons. The van der Waals surface area contributed by atoms with Crippen molar-refractivity contribution in [2.75, 3.05) is 24.1 Å². The van der Waals surface area contributed by atoms with Gasteiger partial charge in [-0.1, -0.05) is 0 Å². The topological polar surface area (TPSA) is 71.2 Å². The number of rotatable bonds is 3. The lowest BCUT2D eigenvalue weighted by Crippen LogP contribution is -2.39. The zero-order valence-corrected chi connectivity index (χ0v) is 10.0. The molecule has 2 rings (SSSR count). The largest absolute Gasteiger partial charge is 0.396 e. The van der Waals surface area contributed by atoms with E-state index < -0.39 is 0 Å². The molecule has 3 N–H and O–H groups in total. The van der Waals surface area contributed by atoms with Crippen molar-refractivity contribution in [3.05, 3.63) is 18.5 Å². The number of nitrogens with zero attached hydrogens (tertiary/aromatic N) is 2. The van der Waals surface area contributed by atoms with Gasteiger partial charge in [0.15, 0.2) is 0 Å². The third kappa shape index (κ3) is 2.67. The van der Waals surface area contributed by atoms with E-state index in [1.807, 2.05) is 11.8 Å². The molecule has 1 aliphatic rings. The molecule has 17 heavy (non-hydrogen) atoms. The van der Waals surface area contributed by atoms with Gasteiger partial charge in [0.25, 0.3) is 0 Å². The molecule has 92 valence electrons. The number of nitrogen functional groups attached to an aromatic ring is 1. The van der Waals surface area contributed by atoms with Gasteiger partial charge in [-0.3, -0.25) is 9.78 Å². The standard InChI is InChI=1S/C12H18N4O/c1-9(12(17)16-6-2-3-7-16)15-11-4-5-14-8-10(11)13/h4-5,8-9H,2-3,6-7,13H2,1H3,(H,14,15). The maximum absolute atomic E-state index is 12.1. The highest BCUT2D eigenvalue weighted by Gasteiger charge is 2.23. The van der Waals surface area contributed by atoms with Crippen LogP contribution in [0, 0.1) is 0 Å². The Hall–Kier alpha value is -1.78. The molecular formula is C12H18N4O. The number of nitrogens with two attached hydrogens (primary N) is 1. The predicted octanol–water partition coefficient (Wildman–Crippen LogP) is 1.09. The van der Waals surface area contributed by atoms with Crippen molar-refractivity contribution in [3.8, 4) is 0 Å². The van der Waals surface area contributed by atoms with E-state index in [9.17, 15) is 4.79 Å². The van der Waals surface area contributed by atoms with Gasteiger partial charge < -0.3 is 16.0 Å². The molecule has 2 heterocycles.